The summed E-state index contributed by atoms with van der Waals surface area (Å²) in [6.45, 7) is 1.16. The summed E-state index contributed by atoms with van der Waals surface area (Å²) in [5.74, 6) is -2.73. The fraction of sp³-hybridized carbons (Fsp3) is 0.261. The molecule has 1 atom stereocenters. The number of carbonyl (C=O) groups is 5. The molecule has 1 aliphatic heterocycles. The van der Waals surface area contributed by atoms with Crippen LogP contribution in [0.25, 0.3) is 0 Å². The maximum absolute atomic E-state index is 13.2. The summed E-state index contributed by atoms with van der Waals surface area (Å²) in [6, 6.07) is 12.0. The first-order chi connectivity index (χ1) is 15.8. The number of amides is 4. The fourth-order valence-corrected chi connectivity index (χ4v) is 3.65. The van der Waals surface area contributed by atoms with E-state index in [4.69, 9.17) is 4.74 Å². The van der Waals surface area contributed by atoms with Gasteiger partial charge in [0.25, 0.3) is 5.91 Å². The van der Waals surface area contributed by atoms with Gasteiger partial charge < -0.3 is 20.1 Å². The van der Waals surface area contributed by atoms with Gasteiger partial charge in [0.2, 0.25) is 5.91 Å². The largest absolute Gasteiger partial charge is 0.465 e. The van der Waals surface area contributed by atoms with Crippen LogP contribution in [-0.4, -0.2) is 55.4 Å². The van der Waals surface area contributed by atoms with Gasteiger partial charge in [-0.2, -0.15) is 0 Å². The molecule has 1 unspecified atom stereocenters. The number of imide groups is 1. The third-order valence-electron chi connectivity index (χ3n) is 5.39. The zero-order valence-electron chi connectivity index (χ0n) is 18.3. The first-order valence-corrected chi connectivity index (χ1v) is 10.1. The van der Waals surface area contributed by atoms with Crippen LogP contribution in [0.1, 0.15) is 39.6 Å². The van der Waals surface area contributed by atoms with Gasteiger partial charge in [-0.1, -0.05) is 37.3 Å². The minimum atomic E-state index is -1.28. The summed E-state index contributed by atoms with van der Waals surface area (Å²) >= 11 is 0. The monoisotopic (exact) mass is 453 g/mol. The van der Waals surface area contributed by atoms with Crippen LogP contribution in [0.4, 0.5) is 10.5 Å². The Labute approximate surface area is 189 Å². The van der Waals surface area contributed by atoms with E-state index in [-0.39, 0.29) is 23.2 Å². The average Bonchev–Trinajstić information content (AvgIpc) is 3.08. The normalized spacial score (nSPS) is 17.4. The van der Waals surface area contributed by atoms with Gasteiger partial charge in [0.1, 0.15) is 12.1 Å². The second-order valence-electron chi connectivity index (χ2n) is 7.24. The highest BCUT2D eigenvalue weighted by Crippen LogP contribution is 2.32. The molecule has 0 radical (unpaired) electrons. The maximum atomic E-state index is 13.2. The van der Waals surface area contributed by atoms with Crippen molar-refractivity contribution in [2.75, 3.05) is 26.1 Å². The molecule has 1 aliphatic rings. The lowest BCUT2D eigenvalue weighted by molar-refractivity contribution is -0.134. The SMILES string of the molecule is CCC1(c2ccccc2)NC(=O)N(CC(=O)Nc2cc(C(=O)OC)ccc2C(=O)OC)C1=O. The van der Waals surface area contributed by atoms with E-state index in [1.165, 1.54) is 32.4 Å². The molecular weight excluding hydrogens is 430 g/mol. The molecule has 172 valence electrons. The van der Waals surface area contributed by atoms with Gasteiger partial charge >= 0.3 is 18.0 Å². The number of esters is 2. The summed E-state index contributed by atoms with van der Waals surface area (Å²) < 4.78 is 9.37. The van der Waals surface area contributed by atoms with Crippen molar-refractivity contribution in [3.63, 3.8) is 0 Å². The molecule has 33 heavy (non-hydrogen) atoms. The molecule has 2 aromatic rings. The molecule has 2 N–H and O–H groups in total. The minimum absolute atomic E-state index is 0.0112. The van der Waals surface area contributed by atoms with E-state index in [1.54, 1.807) is 37.3 Å². The Morgan fingerprint density at radius 3 is 2.27 bits per heavy atom. The van der Waals surface area contributed by atoms with Crippen LogP contribution in [0.15, 0.2) is 48.5 Å². The van der Waals surface area contributed by atoms with E-state index in [9.17, 15) is 24.0 Å². The first-order valence-electron chi connectivity index (χ1n) is 10.1. The van der Waals surface area contributed by atoms with E-state index >= 15 is 0 Å². The lowest BCUT2D eigenvalue weighted by Gasteiger charge is -2.25. The Bertz CT molecular complexity index is 1120. The molecule has 0 bridgehead atoms. The molecule has 3 rings (SSSR count). The number of ether oxygens (including phenoxy) is 2. The quantitative estimate of drug-likeness (QED) is 0.485. The number of carbonyl (C=O) groups excluding carboxylic acids is 5. The number of nitrogens with zero attached hydrogens (tertiary/aromatic N) is 1. The standard InChI is InChI=1S/C23H23N3O7/c1-4-23(15-8-6-5-7-9-15)21(30)26(22(31)25-23)13-18(27)24-17-12-14(19(28)32-2)10-11-16(17)20(29)33-3/h5-12H,4,13H2,1-3H3,(H,24,27)(H,25,31). The van der Waals surface area contributed by atoms with Crippen molar-refractivity contribution in [1.29, 1.82) is 0 Å². The topological polar surface area (TPSA) is 131 Å². The van der Waals surface area contributed by atoms with Crippen LogP contribution in [0.5, 0.6) is 0 Å². The van der Waals surface area contributed by atoms with Crippen LogP contribution in [0, 0.1) is 0 Å². The molecule has 0 spiro atoms. The van der Waals surface area contributed by atoms with Crippen molar-refractivity contribution in [3.05, 3.63) is 65.2 Å². The predicted molar refractivity (Wildman–Crippen MR) is 116 cm³/mol. The zero-order chi connectivity index (χ0) is 24.2. The number of hydrogen-bond acceptors (Lipinski definition) is 7. The third-order valence-corrected chi connectivity index (χ3v) is 5.39. The van der Waals surface area contributed by atoms with Gasteiger partial charge in [0.05, 0.1) is 31.0 Å². The van der Waals surface area contributed by atoms with E-state index in [0.29, 0.717) is 5.56 Å². The number of urea groups is 1. The van der Waals surface area contributed by atoms with E-state index in [2.05, 4.69) is 15.4 Å². The summed E-state index contributed by atoms with van der Waals surface area (Å²) in [5.41, 5.74) is -0.618. The van der Waals surface area contributed by atoms with Gasteiger partial charge in [-0.05, 0) is 30.2 Å². The van der Waals surface area contributed by atoms with Gasteiger partial charge in [-0.15, -0.1) is 0 Å². The fourth-order valence-electron chi connectivity index (χ4n) is 3.65. The smallest absolute Gasteiger partial charge is 0.339 e. The van der Waals surface area contributed by atoms with Gasteiger partial charge in [0.15, 0.2) is 0 Å². The second kappa shape index (κ2) is 9.51. The highest BCUT2D eigenvalue weighted by Gasteiger charge is 2.51. The Morgan fingerprint density at radius 1 is 1.00 bits per heavy atom. The molecule has 0 aliphatic carbocycles. The van der Waals surface area contributed by atoms with E-state index in [1.807, 2.05) is 0 Å². The summed E-state index contributed by atoms with van der Waals surface area (Å²) in [7, 11) is 2.36. The van der Waals surface area contributed by atoms with Crippen LogP contribution in [0.2, 0.25) is 0 Å². The van der Waals surface area contributed by atoms with Crippen molar-refractivity contribution in [1.82, 2.24) is 10.2 Å². The van der Waals surface area contributed by atoms with Crippen molar-refractivity contribution in [2.45, 2.75) is 18.9 Å². The minimum Gasteiger partial charge on any atom is -0.465 e. The Balaban J connectivity index is 1.85. The van der Waals surface area contributed by atoms with Crippen molar-refractivity contribution in [3.8, 4) is 0 Å². The van der Waals surface area contributed by atoms with Crippen molar-refractivity contribution < 1.29 is 33.4 Å². The number of benzene rings is 2. The molecule has 1 heterocycles. The van der Waals surface area contributed by atoms with Crippen molar-refractivity contribution >= 4 is 35.5 Å². The summed E-state index contributed by atoms with van der Waals surface area (Å²) in [5, 5.41) is 5.17. The number of nitrogens with one attached hydrogen (secondary N) is 2. The van der Waals surface area contributed by atoms with Crippen molar-refractivity contribution in [2.24, 2.45) is 0 Å². The third kappa shape index (κ3) is 4.40. The summed E-state index contributed by atoms with van der Waals surface area (Å²) in [6.07, 6.45) is 0.285. The lowest BCUT2D eigenvalue weighted by Crippen LogP contribution is -2.44. The number of rotatable bonds is 7. The Hall–Kier alpha value is -4.21. The highest BCUT2D eigenvalue weighted by molar-refractivity contribution is 6.11. The van der Waals surface area contributed by atoms with Gasteiger partial charge in [-0.3, -0.25) is 14.5 Å². The molecular formula is C23H23N3O7. The lowest BCUT2D eigenvalue weighted by atomic mass is 9.87. The molecule has 0 saturated carbocycles. The number of hydrogen-bond donors (Lipinski definition) is 2. The van der Waals surface area contributed by atoms with Crippen LogP contribution in [-0.2, 0) is 24.6 Å². The van der Waals surface area contributed by atoms with E-state index < -0.39 is 41.9 Å². The summed E-state index contributed by atoms with van der Waals surface area (Å²) in [4.78, 5) is 63.3. The first kappa shape index (κ1) is 23.5. The zero-order valence-corrected chi connectivity index (χ0v) is 18.3. The average molecular weight is 453 g/mol. The molecule has 10 nitrogen and oxygen atoms in total. The van der Waals surface area contributed by atoms with E-state index in [0.717, 1.165) is 4.90 Å². The van der Waals surface area contributed by atoms with Gasteiger partial charge in [0, 0.05) is 0 Å². The number of methoxy groups -OCH3 is 2. The Morgan fingerprint density at radius 2 is 1.67 bits per heavy atom. The molecule has 10 heteroatoms. The van der Waals surface area contributed by atoms with Crippen LogP contribution >= 0.6 is 0 Å². The Kier molecular flexibility index (Phi) is 6.76. The van der Waals surface area contributed by atoms with Crippen LogP contribution in [0.3, 0.4) is 0 Å². The van der Waals surface area contributed by atoms with Gasteiger partial charge in [-0.25, -0.2) is 14.4 Å². The molecule has 0 aromatic heterocycles. The maximum Gasteiger partial charge on any atom is 0.339 e. The highest BCUT2D eigenvalue weighted by atomic mass is 16.5. The molecule has 1 fully saturated rings. The molecule has 2 aromatic carbocycles. The molecule has 1 saturated heterocycles. The van der Waals surface area contributed by atoms with Crippen LogP contribution < -0.4 is 10.6 Å². The molecule has 4 amide bonds. The number of anilines is 1. The second-order valence-corrected chi connectivity index (χ2v) is 7.24. The predicted octanol–water partition coefficient (Wildman–Crippen LogP) is 2.06.